The zero-order valence-electron chi connectivity index (χ0n) is 15.5. The van der Waals surface area contributed by atoms with Crippen LogP contribution in [0.15, 0.2) is 24.3 Å². The second-order valence-corrected chi connectivity index (χ2v) is 7.92. The van der Waals surface area contributed by atoms with E-state index in [0.29, 0.717) is 6.61 Å². The molecule has 1 unspecified atom stereocenters. The lowest BCUT2D eigenvalue weighted by molar-refractivity contribution is -0.134. The molecular formula is C19H31NO3. The van der Waals surface area contributed by atoms with Gasteiger partial charge in [0.2, 0.25) is 5.91 Å². The maximum absolute atomic E-state index is 12.3. The number of carbonyl (C=O) groups excluding carboxylic acids is 1. The summed E-state index contributed by atoms with van der Waals surface area (Å²) >= 11 is 0. The van der Waals surface area contributed by atoms with Crippen molar-refractivity contribution in [1.82, 2.24) is 5.32 Å². The summed E-state index contributed by atoms with van der Waals surface area (Å²) in [4.78, 5) is 12.3. The first-order valence-corrected chi connectivity index (χ1v) is 8.09. The zero-order valence-corrected chi connectivity index (χ0v) is 15.5. The molecule has 1 amide bonds. The Bertz CT molecular complexity index is 518. The van der Waals surface area contributed by atoms with Gasteiger partial charge in [-0.05, 0) is 50.3 Å². The largest absolute Gasteiger partial charge is 0.497 e. The van der Waals surface area contributed by atoms with Crippen LogP contribution in [0.5, 0.6) is 5.75 Å². The molecule has 0 aliphatic carbocycles. The van der Waals surface area contributed by atoms with Crippen LogP contribution in [-0.4, -0.2) is 24.7 Å². The van der Waals surface area contributed by atoms with Crippen LogP contribution in [0.25, 0.3) is 0 Å². The number of hydrogen-bond acceptors (Lipinski definition) is 3. The average Bonchev–Trinajstić information content (AvgIpc) is 2.41. The summed E-state index contributed by atoms with van der Waals surface area (Å²) in [5.74, 6) is 0.705. The van der Waals surface area contributed by atoms with E-state index in [4.69, 9.17) is 9.47 Å². The monoisotopic (exact) mass is 321 g/mol. The minimum Gasteiger partial charge on any atom is -0.497 e. The fraction of sp³-hybridized carbons (Fsp3) is 0.632. The number of benzene rings is 1. The minimum atomic E-state index is -0.500. The van der Waals surface area contributed by atoms with Crippen molar-refractivity contribution in [3.8, 4) is 5.75 Å². The van der Waals surface area contributed by atoms with Gasteiger partial charge in [0, 0.05) is 5.54 Å². The highest BCUT2D eigenvalue weighted by Crippen LogP contribution is 2.26. The fourth-order valence-corrected chi connectivity index (χ4v) is 2.86. The summed E-state index contributed by atoms with van der Waals surface area (Å²) in [7, 11) is 1.63. The molecule has 1 aromatic rings. The predicted octanol–water partition coefficient (Wildman–Crippen LogP) is 3.93. The molecule has 4 heteroatoms. The summed E-state index contributed by atoms with van der Waals surface area (Å²) in [5, 5.41) is 3.08. The third-order valence-electron chi connectivity index (χ3n) is 3.44. The standard InChI is InChI=1S/C19H31NO3/c1-14(17(21)20-19(5,6)13-18(2,3)4)23-12-15-9-8-10-16(11-15)22-7/h8-11,14H,12-13H2,1-7H3,(H,20,21). The van der Waals surface area contributed by atoms with Gasteiger partial charge in [-0.15, -0.1) is 0 Å². The molecule has 1 N–H and O–H groups in total. The maximum Gasteiger partial charge on any atom is 0.249 e. The third-order valence-corrected chi connectivity index (χ3v) is 3.44. The van der Waals surface area contributed by atoms with Gasteiger partial charge in [-0.25, -0.2) is 0 Å². The Morgan fingerprint density at radius 1 is 1.22 bits per heavy atom. The molecule has 0 radical (unpaired) electrons. The summed E-state index contributed by atoms with van der Waals surface area (Å²) < 4.78 is 10.9. The Morgan fingerprint density at radius 3 is 2.43 bits per heavy atom. The SMILES string of the molecule is COc1cccc(COC(C)C(=O)NC(C)(C)CC(C)(C)C)c1. The maximum atomic E-state index is 12.3. The second-order valence-electron chi connectivity index (χ2n) is 7.92. The van der Waals surface area contributed by atoms with Gasteiger partial charge in [0.05, 0.1) is 13.7 Å². The van der Waals surface area contributed by atoms with Gasteiger partial charge in [0.1, 0.15) is 11.9 Å². The van der Waals surface area contributed by atoms with E-state index in [1.54, 1.807) is 14.0 Å². The lowest BCUT2D eigenvalue weighted by Gasteiger charge is -2.34. The van der Waals surface area contributed by atoms with Crippen LogP contribution >= 0.6 is 0 Å². The summed E-state index contributed by atoms with van der Waals surface area (Å²) in [5.41, 5.74) is 0.877. The number of methoxy groups -OCH3 is 1. The first-order chi connectivity index (χ1) is 10.5. The molecule has 0 aromatic heterocycles. The van der Waals surface area contributed by atoms with Crippen LogP contribution in [0, 0.1) is 5.41 Å². The molecule has 1 aromatic carbocycles. The molecule has 0 aliphatic heterocycles. The van der Waals surface area contributed by atoms with E-state index in [0.717, 1.165) is 17.7 Å². The molecule has 1 atom stereocenters. The van der Waals surface area contributed by atoms with Crippen molar-refractivity contribution in [3.05, 3.63) is 29.8 Å². The average molecular weight is 321 g/mol. The van der Waals surface area contributed by atoms with Crippen molar-refractivity contribution in [2.75, 3.05) is 7.11 Å². The normalized spacial score (nSPS) is 13.5. The Kier molecular flexibility index (Phi) is 6.63. The van der Waals surface area contributed by atoms with E-state index in [9.17, 15) is 4.79 Å². The molecule has 0 heterocycles. The molecule has 0 saturated heterocycles. The zero-order chi connectivity index (χ0) is 17.7. The van der Waals surface area contributed by atoms with Crippen molar-refractivity contribution < 1.29 is 14.3 Å². The van der Waals surface area contributed by atoms with Crippen LogP contribution in [0.1, 0.15) is 53.5 Å². The summed E-state index contributed by atoms with van der Waals surface area (Å²) in [6.07, 6.45) is 0.398. The van der Waals surface area contributed by atoms with Gasteiger partial charge in [0.25, 0.3) is 0 Å². The molecular weight excluding hydrogens is 290 g/mol. The number of ether oxygens (including phenoxy) is 2. The van der Waals surface area contributed by atoms with Gasteiger partial charge in [-0.3, -0.25) is 4.79 Å². The van der Waals surface area contributed by atoms with Crippen molar-refractivity contribution in [2.45, 2.75) is 66.2 Å². The highest BCUT2D eigenvalue weighted by molar-refractivity contribution is 5.81. The van der Waals surface area contributed by atoms with Gasteiger partial charge in [-0.1, -0.05) is 32.9 Å². The molecule has 0 saturated carbocycles. The van der Waals surface area contributed by atoms with Crippen molar-refractivity contribution >= 4 is 5.91 Å². The minimum absolute atomic E-state index is 0.0813. The third kappa shape index (κ3) is 7.51. The van der Waals surface area contributed by atoms with Gasteiger partial charge in [0.15, 0.2) is 0 Å². The Labute approximate surface area is 140 Å². The molecule has 0 spiro atoms. The Hall–Kier alpha value is -1.55. The molecule has 4 nitrogen and oxygen atoms in total. The van der Waals surface area contributed by atoms with Gasteiger partial charge in [-0.2, -0.15) is 0 Å². The van der Waals surface area contributed by atoms with Crippen LogP contribution < -0.4 is 10.1 Å². The lowest BCUT2D eigenvalue weighted by Crippen LogP contribution is -2.49. The molecule has 130 valence electrons. The van der Waals surface area contributed by atoms with Crippen molar-refractivity contribution in [3.63, 3.8) is 0 Å². The Balaban J connectivity index is 2.53. The number of amides is 1. The van der Waals surface area contributed by atoms with E-state index in [1.165, 1.54) is 0 Å². The van der Waals surface area contributed by atoms with Crippen molar-refractivity contribution in [2.24, 2.45) is 5.41 Å². The quantitative estimate of drug-likeness (QED) is 0.827. The second kappa shape index (κ2) is 7.82. The van der Waals surface area contributed by atoms with E-state index in [-0.39, 0.29) is 16.9 Å². The first-order valence-electron chi connectivity index (χ1n) is 8.09. The smallest absolute Gasteiger partial charge is 0.249 e. The molecule has 0 bridgehead atoms. The van der Waals surface area contributed by atoms with E-state index in [1.807, 2.05) is 38.1 Å². The lowest BCUT2D eigenvalue weighted by atomic mass is 9.81. The van der Waals surface area contributed by atoms with E-state index >= 15 is 0 Å². The number of carbonyl (C=O) groups is 1. The topological polar surface area (TPSA) is 47.6 Å². The van der Waals surface area contributed by atoms with E-state index in [2.05, 4.69) is 26.1 Å². The van der Waals surface area contributed by atoms with E-state index < -0.39 is 6.10 Å². The van der Waals surface area contributed by atoms with Crippen LogP contribution in [0.4, 0.5) is 0 Å². The molecule has 0 aliphatic rings. The molecule has 23 heavy (non-hydrogen) atoms. The first kappa shape index (κ1) is 19.5. The number of rotatable bonds is 7. The van der Waals surface area contributed by atoms with Crippen LogP contribution in [0.2, 0.25) is 0 Å². The fourth-order valence-electron chi connectivity index (χ4n) is 2.86. The molecule has 0 fully saturated rings. The Morgan fingerprint density at radius 2 is 1.87 bits per heavy atom. The predicted molar refractivity (Wildman–Crippen MR) is 93.5 cm³/mol. The molecule has 1 rings (SSSR count). The summed E-state index contributed by atoms with van der Waals surface area (Å²) in [6.45, 7) is 12.8. The van der Waals surface area contributed by atoms with Crippen LogP contribution in [0.3, 0.4) is 0 Å². The number of hydrogen-bond donors (Lipinski definition) is 1. The number of nitrogens with one attached hydrogen (secondary N) is 1. The van der Waals surface area contributed by atoms with Gasteiger partial charge < -0.3 is 14.8 Å². The van der Waals surface area contributed by atoms with Crippen molar-refractivity contribution in [1.29, 1.82) is 0 Å². The highest BCUT2D eigenvalue weighted by Gasteiger charge is 2.28. The summed E-state index contributed by atoms with van der Waals surface area (Å²) in [6, 6.07) is 7.66. The highest BCUT2D eigenvalue weighted by atomic mass is 16.5. The van der Waals surface area contributed by atoms with Gasteiger partial charge >= 0.3 is 0 Å². The van der Waals surface area contributed by atoms with Crippen LogP contribution in [-0.2, 0) is 16.1 Å².